The Balaban J connectivity index is 0.00000256. The molecular formula is C22H26ClN3O3S. The molecule has 160 valence electrons. The largest absolute Gasteiger partial charge is 0.485 e. The van der Waals surface area contributed by atoms with E-state index in [-0.39, 0.29) is 24.9 Å². The monoisotopic (exact) mass is 447 g/mol. The predicted octanol–water partition coefficient (Wildman–Crippen LogP) is 4.15. The van der Waals surface area contributed by atoms with E-state index in [1.165, 1.54) is 0 Å². The fourth-order valence-corrected chi connectivity index (χ4v) is 4.43. The van der Waals surface area contributed by atoms with E-state index in [2.05, 4.69) is 4.90 Å². The van der Waals surface area contributed by atoms with Gasteiger partial charge in [-0.1, -0.05) is 35.6 Å². The Morgan fingerprint density at radius 3 is 2.63 bits per heavy atom. The van der Waals surface area contributed by atoms with Crippen LogP contribution < -0.4 is 14.4 Å². The van der Waals surface area contributed by atoms with E-state index in [4.69, 9.17) is 14.5 Å². The molecule has 0 bridgehead atoms. The van der Waals surface area contributed by atoms with Gasteiger partial charge >= 0.3 is 0 Å². The molecule has 1 aliphatic rings. The summed E-state index contributed by atoms with van der Waals surface area (Å²) >= 11 is 1.54. The number of thiazole rings is 1. The van der Waals surface area contributed by atoms with Crippen LogP contribution in [-0.2, 0) is 4.79 Å². The summed E-state index contributed by atoms with van der Waals surface area (Å²) in [5, 5.41) is 0.709. The van der Waals surface area contributed by atoms with E-state index in [0.717, 1.165) is 28.7 Å². The molecule has 4 rings (SSSR count). The van der Waals surface area contributed by atoms with Crippen LogP contribution in [-0.4, -0.2) is 55.7 Å². The van der Waals surface area contributed by atoms with E-state index in [1.54, 1.807) is 16.2 Å². The number of para-hydroxylation sites is 3. The second-order valence-corrected chi connectivity index (χ2v) is 8.44. The van der Waals surface area contributed by atoms with Crippen molar-refractivity contribution in [1.82, 2.24) is 9.88 Å². The van der Waals surface area contributed by atoms with E-state index >= 15 is 0 Å². The minimum absolute atomic E-state index is 0. The Hall–Kier alpha value is -2.35. The molecule has 0 radical (unpaired) electrons. The predicted molar refractivity (Wildman–Crippen MR) is 123 cm³/mol. The van der Waals surface area contributed by atoms with Gasteiger partial charge in [-0.05, 0) is 57.7 Å². The molecule has 1 aromatic heterocycles. The van der Waals surface area contributed by atoms with Gasteiger partial charge in [0.25, 0.3) is 5.91 Å². The fraction of sp³-hybridized carbons (Fsp3) is 0.364. The smallest absolute Gasteiger partial charge is 0.273 e. The molecule has 30 heavy (non-hydrogen) atoms. The van der Waals surface area contributed by atoms with Gasteiger partial charge in [-0.2, -0.15) is 0 Å². The van der Waals surface area contributed by atoms with Crippen molar-refractivity contribution in [3.63, 3.8) is 0 Å². The number of benzene rings is 2. The van der Waals surface area contributed by atoms with Crippen LogP contribution in [0.25, 0.3) is 10.2 Å². The molecule has 2 heterocycles. The standard InChI is InChI=1S/C22H25N3O3S.ClH/c1-15-8-6-11-19-20(15)23-22(29-19)25(13-7-12-24(2)3)21(26)18-14-27-16-9-4-5-10-17(16)28-18;/h4-6,8-11,18H,7,12-14H2,1-3H3;1H. The lowest BCUT2D eigenvalue weighted by molar-refractivity contribution is -0.127. The van der Waals surface area contributed by atoms with Crippen LogP contribution >= 0.6 is 23.7 Å². The zero-order valence-electron chi connectivity index (χ0n) is 17.3. The minimum atomic E-state index is -0.683. The number of aryl methyl sites for hydroxylation is 1. The van der Waals surface area contributed by atoms with Gasteiger partial charge in [0, 0.05) is 6.54 Å². The van der Waals surface area contributed by atoms with Gasteiger partial charge in [-0.3, -0.25) is 9.69 Å². The molecule has 0 N–H and O–H groups in total. The minimum Gasteiger partial charge on any atom is -0.485 e. The first-order valence-electron chi connectivity index (χ1n) is 9.73. The third-order valence-corrected chi connectivity index (χ3v) is 5.92. The van der Waals surface area contributed by atoms with Gasteiger partial charge in [-0.15, -0.1) is 12.4 Å². The first kappa shape index (κ1) is 22.3. The maximum Gasteiger partial charge on any atom is 0.273 e. The highest BCUT2D eigenvalue weighted by molar-refractivity contribution is 7.22. The van der Waals surface area contributed by atoms with Crippen molar-refractivity contribution < 1.29 is 14.3 Å². The maximum atomic E-state index is 13.4. The SMILES string of the molecule is Cc1cccc2sc(N(CCCN(C)C)C(=O)C3COc4ccccc4O3)nc12.Cl. The first-order valence-corrected chi connectivity index (χ1v) is 10.6. The molecule has 0 fully saturated rings. The molecule has 0 saturated heterocycles. The van der Waals surface area contributed by atoms with Gasteiger partial charge < -0.3 is 14.4 Å². The van der Waals surface area contributed by atoms with Crippen LogP contribution in [0, 0.1) is 6.92 Å². The zero-order valence-corrected chi connectivity index (χ0v) is 19.0. The van der Waals surface area contributed by atoms with Crippen molar-refractivity contribution in [2.24, 2.45) is 0 Å². The second-order valence-electron chi connectivity index (χ2n) is 7.43. The lowest BCUT2D eigenvalue weighted by Crippen LogP contribution is -2.47. The Labute approximate surface area is 186 Å². The molecule has 0 saturated carbocycles. The molecule has 1 aliphatic heterocycles. The van der Waals surface area contributed by atoms with Gasteiger partial charge in [0.05, 0.1) is 10.2 Å². The Morgan fingerprint density at radius 1 is 1.13 bits per heavy atom. The van der Waals surface area contributed by atoms with Crippen LogP contribution in [0.4, 0.5) is 5.13 Å². The molecule has 2 aromatic carbocycles. The lowest BCUT2D eigenvalue weighted by Gasteiger charge is -2.29. The lowest BCUT2D eigenvalue weighted by atomic mass is 10.2. The van der Waals surface area contributed by atoms with Crippen LogP contribution in [0.5, 0.6) is 11.5 Å². The van der Waals surface area contributed by atoms with Gasteiger partial charge in [-0.25, -0.2) is 4.98 Å². The summed E-state index contributed by atoms with van der Waals surface area (Å²) in [6.45, 7) is 3.71. The fourth-order valence-electron chi connectivity index (χ4n) is 3.35. The number of rotatable bonds is 6. The number of hydrogen-bond donors (Lipinski definition) is 0. The number of carbonyl (C=O) groups excluding carboxylic acids is 1. The van der Waals surface area contributed by atoms with Crippen LogP contribution in [0.2, 0.25) is 0 Å². The summed E-state index contributed by atoms with van der Waals surface area (Å²) in [5.41, 5.74) is 2.06. The average Bonchev–Trinajstić information content (AvgIpc) is 3.15. The number of halogens is 1. The number of hydrogen-bond acceptors (Lipinski definition) is 6. The van der Waals surface area contributed by atoms with Crippen molar-refractivity contribution in [3.05, 3.63) is 48.0 Å². The van der Waals surface area contributed by atoms with Crippen molar-refractivity contribution >= 4 is 45.0 Å². The van der Waals surface area contributed by atoms with Crippen LogP contribution in [0.1, 0.15) is 12.0 Å². The summed E-state index contributed by atoms with van der Waals surface area (Å²) in [6.07, 6.45) is 0.162. The third kappa shape index (κ3) is 4.69. The van der Waals surface area contributed by atoms with E-state index < -0.39 is 6.10 Å². The number of carbonyl (C=O) groups is 1. The zero-order chi connectivity index (χ0) is 20.4. The molecule has 0 spiro atoms. The highest BCUT2D eigenvalue weighted by atomic mass is 35.5. The Kier molecular flexibility index (Phi) is 7.18. The molecule has 1 atom stereocenters. The number of ether oxygens (including phenoxy) is 2. The van der Waals surface area contributed by atoms with Crippen molar-refractivity contribution in [2.45, 2.75) is 19.4 Å². The van der Waals surface area contributed by atoms with Gasteiger partial charge in [0.2, 0.25) is 6.10 Å². The molecule has 8 heteroatoms. The van der Waals surface area contributed by atoms with E-state index in [9.17, 15) is 4.79 Å². The highest BCUT2D eigenvalue weighted by Crippen LogP contribution is 2.34. The van der Waals surface area contributed by atoms with E-state index in [1.807, 2.05) is 63.5 Å². The number of nitrogens with zero attached hydrogens (tertiary/aromatic N) is 3. The second kappa shape index (κ2) is 9.64. The molecule has 0 aliphatic carbocycles. The van der Waals surface area contributed by atoms with Gasteiger partial charge in [0.1, 0.15) is 6.61 Å². The van der Waals surface area contributed by atoms with E-state index in [0.29, 0.717) is 23.2 Å². The summed E-state index contributed by atoms with van der Waals surface area (Å²) in [6, 6.07) is 13.5. The summed E-state index contributed by atoms with van der Waals surface area (Å²) in [5.74, 6) is 1.16. The maximum absolute atomic E-state index is 13.4. The first-order chi connectivity index (χ1) is 14.0. The number of aromatic nitrogens is 1. The molecule has 1 amide bonds. The quantitative estimate of drug-likeness (QED) is 0.568. The number of amides is 1. The normalized spacial score (nSPS) is 15.1. The summed E-state index contributed by atoms with van der Waals surface area (Å²) in [7, 11) is 4.06. The number of fused-ring (bicyclic) bond motifs is 2. The molecular weight excluding hydrogens is 422 g/mol. The molecule has 1 unspecified atom stereocenters. The molecule has 6 nitrogen and oxygen atoms in total. The van der Waals surface area contributed by atoms with Gasteiger partial charge in [0.15, 0.2) is 16.6 Å². The molecule has 3 aromatic rings. The van der Waals surface area contributed by atoms with Crippen molar-refractivity contribution in [1.29, 1.82) is 0 Å². The van der Waals surface area contributed by atoms with Crippen molar-refractivity contribution in [2.75, 3.05) is 38.7 Å². The number of anilines is 1. The summed E-state index contributed by atoms with van der Waals surface area (Å²) in [4.78, 5) is 22.1. The summed E-state index contributed by atoms with van der Waals surface area (Å²) < 4.78 is 12.8. The van der Waals surface area contributed by atoms with Crippen LogP contribution in [0.15, 0.2) is 42.5 Å². The third-order valence-electron chi connectivity index (χ3n) is 4.88. The highest BCUT2D eigenvalue weighted by Gasteiger charge is 2.33. The van der Waals surface area contributed by atoms with Crippen molar-refractivity contribution in [3.8, 4) is 11.5 Å². The average molecular weight is 448 g/mol. The topological polar surface area (TPSA) is 54.9 Å². The van der Waals surface area contributed by atoms with Crippen LogP contribution in [0.3, 0.4) is 0 Å². The Morgan fingerprint density at radius 2 is 1.90 bits per heavy atom. The Bertz CT molecular complexity index is 1020.